The molecule has 2 aromatic rings. The standard InChI is InChI=1S/C16H15FINO2/c17-12-7-9-13(10-8-12)21-11-3-6-16(20)19-15-5-2-1-4-14(15)18/h1-2,4-5,7-10H,3,6,11H2,(H,19,20). The molecule has 0 radical (unpaired) electrons. The molecule has 0 aliphatic heterocycles. The zero-order chi connectivity index (χ0) is 15.1. The number of nitrogens with one attached hydrogen (secondary N) is 1. The third kappa shape index (κ3) is 5.34. The molecule has 0 atom stereocenters. The first-order chi connectivity index (χ1) is 10.1. The van der Waals surface area contributed by atoms with Gasteiger partial charge in [-0.2, -0.15) is 0 Å². The van der Waals surface area contributed by atoms with Crippen molar-refractivity contribution < 1.29 is 13.9 Å². The van der Waals surface area contributed by atoms with Gasteiger partial charge in [-0.05, 0) is 65.4 Å². The molecule has 0 heterocycles. The number of hydrogen-bond acceptors (Lipinski definition) is 2. The van der Waals surface area contributed by atoms with Crippen molar-refractivity contribution in [1.82, 2.24) is 0 Å². The van der Waals surface area contributed by atoms with Gasteiger partial charge in [0.25, 0.3) is 0 Å². The fourth-order valence-electron chi connectivity index (χ4n) is 1.73. The Morgan fingerprint density at radius 3 is 2.57 bits per heavy atom. The second-order valence-corrected chi connectivity index (χ2v) is 5.60. The molecule has 0 aliphatic carbocycles. The molecule has 2 aromatic carbocycles. The van der Waals surface area contributed by atoms with E-state index in [-0.39, 0.29) is 11.7 Å². The molecule has 2 rings (SSSR count). The summed E-state index contributed by atoms with van der Waals surface area (Å²) in [5.41, 5.74) is 0.822. The summed E-state index contributed by atoms with van der Waals surface area (Å²) in [4.78, 5) is 11.8. The number of carbonyl (C=O) groups is 1. The Balaban J connectivity index is 1.70. The Hall–Kier alpha value is -1.63. The van der Waals surface area contributed by atoms with Crippen LogP contribution in [0.25, 0.3) is 0 Å². The molecule has 1 amide bonds. The third-order valence-corrected chi connectivity index (χ3v) is 3.72. The van der Waals surface area contributed by atoms with Crippen LogP contribution >= 0.6 is 22.6 Å². The van der Waals surface area contributed by atoms with Crippen molar-refractivity contribution in [2.45, 2.75) is 12.8 Å². The Morgan fingerprint density at radius 2 is 1.86 bits per heavy atom. The van der Waals surface area contributed by atoms with Crippen molar-refractivity contribution in [2.24, 2.45) is 0 Å². The molecular formula is C16H15FINO2. The number of anilines is 1. The number of benzene rings is 2. The van der Waals surface area contributed by atoms with Crippen LogP contribution in [0.2, 0.25) is 0 Å². The summed E-state index contributed by atoms with van der Waals surface area (Å²) in [6.45, 7) is 0.422. The van der Waals surface area contributed by atoms with E-state index < -0.39 is 0 Å². The molecule has 5 heteroatoms. The summed E-state index contributed by atoms with van der Waals surface area (Å²) in [6.07, 6.45) is 0.985. The summed E-state index contributed by atoms with van der Waals surface area (Å²) in [6, 6.07) is 13.5. The van der Waals surface area contributed by atoms with E-state index in [4.69, 9.17) is 4.74 Å². The highest BCUT2D eigenvalue weighted by molar-refractivity contribution is 14.1. The number of ether oxygens (including phenoxy) is 1. The normalized spacial score (nSPS) is 10.2. The summed E-state index contributed by atoms with van der Waals surface area (Å²) >= 11 is 2.18. The molecule has 0 bridgehead atoms. The summed E-state index contributed by atoms with van der Waals surface area (Å²) in [5, 5.41) is 2.86. The van der Waals surface area contributed by atoms with E-state index in [9.17, 15) is 9.18 Å². The van der Waals surface area contributed by atoms with E-state index in [2.05, 4.69) is 27.9 Å². The van der Waals surface area contributed by atoms with Crippen LogP contribution in [0.15, 0.2) is 48.5 Å². The van der Waals surface area contributed by atoms with Gasteiger partial charge in [0.1, 0.15) is 11.6 Å². The molecule has 0 aliphatic rings. The molecule has 21 heavy (non-hydrogen) atoms. The van der Waals surface area contributed by atoms with E-state index in [0.717, 1.165) is 9.26 Å². The molecule has 1 N–H and O–H groups in total. The van der Waals surface area contributed by atoms with Gasteiger partial charge in [-0.25, -0.2) is 4.39 Å². The maximum Gasteiger partial charge on any atom is 0.224 e. The van der Waals surface area contributed by atoms with Crippen molar-refractivity contribution in [3.05, 3.63) is 57.9 Å². The van der Waals surface area contributed by atoms with Crippen LogP contribution in [-0.4, -0.2) is 12.5 Å². The number of amides is 1. The van der Waals surface area contributed by atoms with Gasteiger partial charge in [0, 0.05) is 9.99 Å². The topological polar surface area (TPSA) is 38.3 Å². The van der Waals surface area contributed by atoms with Gasteiger partial charge in [0.2, 0.25) is 5.91 Å². The lowest BCUT2D eigenvalue weighted by atomic mass is 10.2. The van der Waals surface area contributed by atoms with Crippen molar-refractivity contribution in [1.29, 1.82) is 0 Å². The monoisotopic (exact) mass is 399 g/mol. The van der Waals surface area contributed by atoms with Crippen LogP contribution in [0, 0.1) is 9.39 Å². The smallest absolute Gasteiger partial charge is 0.224 e. The van der Waals surface area contributed by atoms with Crippen LogP contribution < -0.4 is 10.1 Å². The lowest BCUT2D eigenvalue weighted by molar-refractivity contribution is -0.116. The van der Waals surface area contributed by atoms with Crippen LogP contribution in [0.1, 0.15) is 12.8 Å². The number of hydrogen-bond donors (Lipinski definition) is 1. The van der Waals surface area contributed by atoms with Crippen molar-refractivity contribution in [2.75, 3.05) is 11.9 Å². The van der Waals surface area contributed by atoms with Gasteiger partial charge in [0.05, 0.1) is 12.3 Å². The lowest BCUT2D eigenvalue weighted by Crippen LogP contribution is -2.13. The number of para-hydroxylation sites is 1. The quantitative estimate of drug-likeness (QED) is 0.584. The SMILES string of the molecule is O=C(CCCOc1ccc(F)cc1)Nc1ccccc1I. The van der Waals surface area contributed by atoms with Gasteiger partial charge < -0.3 is 10.1 Å². The van der Waals surface area contributed by atoms with Gasteiger partial charge >= 0.3 is 0 Å². The Kier molecular flexibility index (Phi) is 5.98. The van der Waals surface area contributed by atoms with Crippen LogP contribution in [0.5, 0.6) is 5.75 Å². The van der Waals surface area contributed by atoms with Crippen LogP contribution in [-0.2, 0) is 4.79 Å². The van der Waals surface area contributed by atoms with Gasteiger partial charge in [-0.15, -0.1) is 0 Å². The molecule has 0 unspecified atom stereocenters. The van der Waals surface area contributed by atoms with E-state index in [1.54, 1.807) is 12.1 Å². The Morgan fingerprint density at radius 1 is 1.14 bits per heavy atom. The predicted octanol–water partition coefficient (Wildman–Crippen LogP) is 4.23. The summed E-state index contributed by atoms with van der Waals surface area (Å²) < 4.78 is 19.2. The minimum absolute atomic E-state index is 0.0400. The van der Waals surface area contributed by atoms with Crippen molar-refractivity contribution in [3.8, 4) is 5.75 Å². The highest BCUT2D eigenvalue weighted by Crippen LogP contribution is 2.17. The van der Waals surface area contributed by atoms with E-state index in [1.807, 2.05) is 24.3 Å². The highest BCUT2D eigenvalue weighted by Gasteiger charge is 2.05. The first-order valence-electron chi connectivity index (χ1n) is 6.58. The molecular weight excluding hydrogens is 384 g/mol. The van der Waals surface area contributed by atoms with Gasteiger partial charge in [0.15, 0.2) is 0 Å². The summed E-state index contributed by atoms with van der Waals surface area (Å²) in [5.74, 6) is 0.274. The fraction of sp³-hybridized carbons (Fsp3) is 0.188. The fourth-order valence-corrected chi connectivity index (χ4v) is 2.25. The lowest BCUT2D eigenvalue weighted by Gasteiger charge is -2.08. The first-order valence-corrected chi connectivity index (χ1v) is 7.66. The molecule has 0 saturated heterocycles. The zero-order valence-corrected chi connectivity index (χ0v) is 13.5. The van der Waals surface area contributed by atoms with E-state index >= 15 is 0 Å². The van der Waals surface area contributed by atoms with Crippen molar-refractivity contribution >= 4 is 34.2 Å². The average Bonchev–Trinajstić information content (AvgIpc) is 2.48. The third-order valence-electron chi connectivity index (χ3n) is 2.78. The predicted molar refractivity (Wildman–Crippen MR) is 88.9 cm³/mol. The van der Waals surface area contributed by atoms with Crippen LogP contribution in [0.3, 0.4) is 0 Å². The molecule has 110 valence electrons. The van der Waals surface area contributed by atoms with Crippen molar-refractivity contribution in [3.63, 3.8) is 0 Å². The largest absolute Gasteiger partial charge is 0.494 e. The molecule has 0 spiro atoms. The Labute approximate surface area is 136 Å². The number of rotatable bonds is 6. The average molecular weight is 399 g/mol. The van der Waals surface area contributed by atoms with E-state index in [0.29, 0.717) is 25.2 Å². The Bertz CT molecular complexity index is 601. The second-order valence-electron chi connectivity index (χ2n) is 4.43. The minimum Gasteiger partial charge on any atom is -0.494 e. The maximum absolute atomic E-state index is 12.7. The van der Waals surface area contributed by atoms with Gasteiger partial charge in [-0.3, -0.25) is 4.79 Å². The van der Waals surface area contributed by atoms with Crippen LogP contribution in [0.4, 0.5) is 10.1 Å². The maximum atomic E-state index is 12.7. The number of carbonyl (C=O) groups excluding carboxylic acids is 1. The zero-order valence-electron chi connectivity index (χ0n) is 11.3. The molecule has 0 saturated carbocycles. The second kappa shape index (κ2) is 7.97. The molecule has 0 fully saturated rings. The summed E-state index contributed by atoms with van der Waals surface area (Å²) in [7, 11) is 0. The minimum atomic E-state index is -0.292. The molecule has 0 aromatic heterocycles. The highest BCUT2D eigenvalue weighted by atomic mass is 127. The number of halogens is 2. The first kappa shape index (κ1) is 15.8. The molecule has 3 nitrogen and oxygen atoms in total. The van der Waals surface area contributed by atoms with E-state index in [1.165, 1.54) is 12.1 Å². The van der Waals surface area contributed by atoms with Gasteiger partial charge in [-0.1, -0.05) is 12.1 Å².